The Morgan fingerprint density at radius 2 is 1.53 bits per heavy atom. The van der Waals surface area contributed by atoms with Gasteiger partial charge in [0.05, 0.1) is 16.8 Å². The molecular weight excluding hydrogens is 464 g/mol. The summed E-state index contributed by atoms with van der Waals surface area (Å²) in [6.45, 7) is 3.30. The van der Waals surface area contributed by atoms with Crippen LogP contribution in [0.4, 0.5) is 32.2 Å². The molecule has 34 heavy (non-hydrogen) atoms. The van der Waals surface area contributed by atoms with Crippen LogP contribution in [0, 0.1) is 0 Å². The van der Waals surface area contributed by atoms with E-state index in [1.807, 2.05) is 4.90 Å². The summed E-state index contributed by atoms with van der Waals surface area (Å²) >= 11 is 0. The van der Waals surface area contributed by atoms with Crippen LogP contribution in [0.3, 0.4) is 0 Å². The summed E-state index contributed by atoms with van der Waals surface area (Å²) in [5.41, 5.74) is -1.15. The Hall–Kier alpha value is -2.98. The van der Waals surface area contributed by atoms with Crippen molar-refractivity contribution < 1.29 is 35.9 Å². The minimum atomic E-state index is -4.54. The number of benzene rings is 1. The van der Waals surface area contributed by atoms with E-state index in [1.165, 1.54) is 12.1 Å². The summed E-state index contributed by atoms with van der Waals surface area (Å²) in [6, 6.07) is 5.42. The number of anilines is 1. The third-order valence-electron chi connectivity index (χ3n) is 5.92. The van der Waals surface area contributed by atoms with Gasteiger partial charge in [-0.3, -0.25) is 0 Å². The van der Waals surface area contributed by atoms with Crippen LogP contribution in [0.25, 0.3) is 0 Å². The predicted molar refractivity (Wildman–Crippen MR) is 113 cm³/mol. The van der Waals surface area contributed by atoms with Crippen LogP contribution in [0.5, 0.6) is 11.5 Å². The molecule has 2 aliphatic heterocycles. The predicted octanol–water partition coefficient (Wildman–Crippen LogP) is 6.47. The molecule has 2 fully saturated rings. The number of rotatable bonds is 5. The molecule has 0 spiro atoms. The van der Waals surface area contributed by atoms with Crippen molar-refractivity contribution in [2.24, 2.45) is 5.16 Å². The van der Waals surface area contributed by atoms with E-state index < -0.39 is 23.5 Å². The van der Waals surface area contributed by atoms with E-state index in [9.17, 15) is 26.3 Å². The molecule has 184 valence electrons. The summed E-state index contributed by atoms with van der Waals surface area (Å²) < 4.78 is 84.1. The molecule has 3 atom stereocenters. The zero-order chi connectivity index (χ0) is 24.7. The zero-order valence-corrected chi connectivity index (χ0v) is 18.5. The van der Waals surface area contributed by atoms with Crippen molar-refractivity contribution in [3.05, 3.63) is 47.7 Å². The number of halogens is 6. The molecule has 2 saturated heterocycles. The zero-order valence-electron chi connectivity index (χ0n) is 18.5. The fraction of sp³-hybridized carbons (Fsp3) is 0.478. The number of hydrogen-bond donors (Lipinski definition) is 0. The van der Waals surface area contributed by atoms with E-state index >= 15 is 0 Å². The fourth-order valence-electron chi connectivity index (χ4n) is 4.48. The Kier molecular flexibility index (Phi) is 6.39. The second kappa shape index (κ2) is 8.99. The van der Waals surface area contributed by atoms with Gasteiger partial charge in [-0.2, -0.15) is 26.3 Å². The largest absolute Gasteiger partial charge is 0.486 e. The second-order valence-electron chi connectivity index (χ2n) is 8.70. The lowest BCUT2D eigenvalue weighted by Gasteiger charge is -2.39. The second-order valence-corrected chi connectivity index (χ2v) is 8.70. The molecule has 1 aromatic carbocycles. The Bertz CT molecular complexity index is 1030. The number of alkyl halides is 6. The molecule has 0 radical (unpaired) electrons. The van der Waals surface area contributed by atoms with Gasteiger partial charge in [0.2, 0.25) is 0 Å². The van der Waals surface area contributed by atoms with Crippen molar-refractivity contribution in [3.8, 4) is 11.5 Å². The van der Waals surface area contributed by atoms with Gasteiger partial charge in [-0.1, -0.05) is 5.16 Å². The molecule has 3 heterocycles. The monoisotopic (exact) mass is 487 g/mol. The van der Waals surface area contributed by atoms with Crippen molar-refractivity contribution in [2.45, 2.75) is 70.1 Å². The Balaban J connectivity index is 1.50. The maximum absolute atomic E-state index is 13.2. The van der Waals surface area contributed by atoms with Crippen LogP contribution in [0.2, 0.25) is 0 Å². The standard InChI is InChI=1S/C23H23F6N3O2/c1-13(2)31-34-20-9-14(22(24,25)26)3-7-19(20)33-18-10-16-5-6-17(11-18)32(16)21-8-4-15(12-30-21)23(27,28)29/h3-4,7-9,12,16-18H,5-6,10-11H2,1-2H3/t16-,17+,18?. The summed E-state index contributed by atoms with van der Waals surface area (Å²) in [6.07, 6.45) is -5.71. The van der Waals surface area contributed by atoms with Gasteiger partial charge in [0, 0.05) is 31.1 Å². The molecule has 0 amide bonds. The van der Waals surface area contributed by atoms with Crippen molar-refractivity contribution in [1.29, 1.82) is 0 Å². The molecule has 0 aliphatic carbocycles. The number of hydrogen-bond acceptors (Lipinski definition) is 5. The van der Waals surface area contributed by atoms with E-state index in [-0.39, 0.29) is 29.7 Å². The number of fused-ring (bicyclic) bond motifs is 2. The molecule has 0 N–H and O–H groups in total. The van der Waals surface area contributed by atoms with Crippen molar-refractivity contribution in [3.63, 3.8) is 0 Å². The van der Waals surface area contributed by atoms with Gasteiger partial charge in [-0.05, 0) is 57.0 Å². The molecule has 1 unspecified atom stereocenters. The average molecular weight is 487 g/mol. The van der Waals surface area contributed by atoms with Crippen molar-refractivity contribution in [1.82, 2.24) is 4.98 Å². The Morgan fingerprint density at radius 1 is 0.912 bits per heavy atom. The molecule has 2 bridgehead atoms. The molecular formula is C23H23F6N3O2. The number of pyridine rings is 1. The smallest absolute Gasteiger partial charge is 0.417 e. The van der Waals surface area contributed by atoms with Crippen LogP contribution in [0.15, 0.2) is 41.7 Å². The molecule has 5 nitrogen and oxygen atoms in total. The van der Waals surface area contributed by atoms with Crippen LogP contribution in [-0.2, 0) is 12.4 Å². The highest BCUT2D eigenvalue weighted by atomic mass is 19.4. The molecule has 2 aromatic rings. The topological polar surface area (TPSA) is 47.0 Å². The summed E-state index contributed by atoms with van der Waals surface area (Å²) in [5, 5.41) is 3.76. The molecule has 1 aromatic heterocycles. The fourth-order valence-corrected chi connectivity index (χ4v) is 4.48. The number of piperidine rings is 1. The van der Waals surface area contributed by atoms with Crippen LogP contribution < -0.4 is 14.5 Å². The Morgan fingerprint density at radius 3 is 2.06 bits per heavy atom. The molecule has 4 rings (SSSR count). The van der Waals surface area contributed by atoms with Gasteiger partial charge >= 0.3 is 12.4 Å². The number of aromatic nitrogens is 1. The first-order chi connectivity index (χ1) is 15.9. The van der Waals surface area contributed by atoms with Gasteiger partial charge in [0.15, 0.2) is 11.5 Å². The third-order valence-corrected chi connectivity index (χ3v) is 5.92. The number of oxime groups is 1. The van der Waals surface area contributed by atoms with Crippen molar-refractivity contribution >= 4 is 11.5 Å². The highest BCUT2D eigenvalue weighted by Gasteiger charge is 2.43. The molecule has 11 heteroatoms. The summed E-state index contributed by atoms with van der Waals surface area (Å²) in [7, 11) is 0. The third kappa shape index (κ3) is 5.23. The van der Waals surface area contributed by atoms with E-state index in [0.717, 1.165) is 37.2 Å². The van der Waals surface area contributed by atoms with Gasteiger partial charge in [-0.25, -0.2) is 4.98 Å². The average Bonchev–Trinajstić information content (AvgIpc) is 3.02. The van der Waals surface area contributed by atoms with Crippen LogP contribution in [-0.4, -0.2) is 28.9 Å². The first-order valence-electron chi connectivity index (χ1n) is 10.8. The summed E-state index contributed by atoms with van der Waals surface area (Å²) in [4.78, 5) is 11.3. The van der Waals surface area contributed by atoms with E-state index in [4.69, 9.17) is 9.57 Å². The first kappa shape index (κ1) is 24.2. The SMILES string of the molecule is CC(C)=NOc1cc(C(F)(F)F)ccc1OC1C[C@H]2CC[C@@H](C1)N2c1ccc(C(F)(F)F)cn1. The highest BCUT2D eigenvalue weighted by molar-refractivity contribution is 5.78. The number of ether oxygens (including phenoxy) is 1. The molecule has 0 saturated carbocycles. The van der Waals surface area contributed by atoms with Crippen LogP contribution in [0.1, 0.15) is 50.7 Å². The lowest BCUT2D eigenvalue weighted by Crippen LogP contribution is -2.46. The Labute approximate surface area is 192 Å². The van der Waals surface area contributed by atoms with Gasteiger partial charge < -0.3 is 14.5 Å². The quantitative estimate of drug-likeness (QED) is 0.276. The normalized spacial score (nSPS) is 22.5. The van der Waals surface area contributed by atoms with E-state index in [0.29, 0.717) is 24.4 Å². The lowest BCUT2D eigenvalue weighted by molar-refractivity contribution is -0.138. The maximum atomic E-state index is 13.2. The summed E-state index contributed by atoms with van der Waals surface area (Å²) in [5.74, 6) is 0.504. The van der Waals surface area contributed by atoms with Crippen LogP contribution >= 0.6 is 0 Å². The minimum Gasteiger partial charge on any atom is -0.486 e. The lowest BCUT2D eigenvalue weighted by atomic mass is 9.99. The van der Waals surface area contributed by atoms with Gasteiger partial charge in [0.25, 0.3) is 0 Å². The van der Waals surface area contributed by atoms with E-state index in [2.05, 4.69) is 10.1 Å². The highest BCUT2D eigenvalue weighted by Crippen LogP contribution is 2.42. The maximum Gasteiger partial charge on any atom is 0.417 e. The van der Waals surface area contributed by atoms with Gasteiger partial charge in [-0.15, -0.1) is 0 Å². The minimum absolute atomic E-state index is 0.00251. The first-order valence-corrected chi connectivity index (χ1v) is 10.8. The van der Waals surface area contributed by atoms with E-state index in [1.54, 1.807) is 13.8 Å². The number of nitrogens with zero attached hydrogens (tertiary/aromatic N) is 3. The van der Waals surface area contributed by atoms with Crippen molar-refractivity contribution in [2.75, 3.05) is 4.90 Å². The van der Waals surface area contributed by atoms with Gasteiger partial charge in [0.1, 0.15) is 11.9 Å². The molecule has 2 aliphatic rings.